The average Bonchev–Trinajstić information content (AvgIpc) is 2.54. The Kier molecular flexibility index (Phi) is 14.2. The van der Waals surface area contributed by atoms with E-state index in [1.165, 1.54) is 17.5 Å². The van der Waals surface area contributed by atoms with Gasteiger partial charge in [0.1, 0.15) is 5.75 Å². The van der Waals surface area contributed by atoms with Gasteiger partial charge in [0.05, 0.1) is 5.69 Å². The zero-order chi connectivity index (χ0) is 18.1. The summed E-state index contributed by atoms with van der Waals surface area (Å²) in [7, 11) is 0. The summed E-state index contributed by atoms with van der Waals surface area (Å²) in [6.45, 7) is 13.0. The summed E-state index contributed by atoms with van der Waals surface area (Å²) in [5.74, 6) is 1.09. The number of benzene rings is 2. The fourth-order valence-corrected chi connectivity index (χ4v) is 2.39. The van der Waals surface area contributed by atoms with Crippen molar-refractivity contribution in [3.8, 4) is 5.75 Å². The summed E-state index contributed by atoms with van der Waals surface area (Å²) in [6.07, 6.45) is 3.00. The van der Waals surface area contributed by atoms with Gasteiger partial charge in [-0.05, 0) is 35.1 Å². The number of phenols is 1. The van der Waals surface area contributed by atoms with Crippen molar-refractivity contribution in [3.63, 3.8) is 0 Å². The van der Waals surface area contributed by atoms with E-state index in [0.29, 0.717) is 11.8 Å². The van der Waals surface area contributed by atoms with Crippen molar-refractivity contribution in [1.82, 2.24) is 0 Å². The molecule has 0 aliphatic carbocycles. The van der Waals surface area contributed by atoms with Crippen molar-refractivity contribution in [2.75, 3.05) is 0 Å². The van der Waals surface area contributed by atoms with Crippen LogP contribution < -0.4 is 0 Å². The smallest absolute Gasteiger partial charge is 0.124 e. The van der Waals surface area contributed by atoms with Gasteiger partial charge in [0.15, 0.2) is 0 Å². The Bertz CT molecular complexity index is 637. The van der Waals surface area contributed by atoms with E-state index in [1.54, 1.807) is 12.3 Å². The number of para-hydroxylation sites is 2. The zero-order valence-corrected chi connectivity index (χ0v) is 18.7. The molecular formula is C23H34NOPd-. The fraction of sp³-hybridized carbons (Fsp3) is 0.391. The van der Waals surface area contributed by atoms with Gasteiger partial charge in [0.25, 0.3) is 0 Å². The molecule has 2 aromatic rings. The molecule has 0 saturated heterocycles. The second-order valence-corrected chi connectivity index (χ2v) is 6.62. The second-order valence-electron chi connectivity index (χ2n) is 6.62. The van der Waals surface area contributed by atoms with Crippen LogP contribution in [0.25, 0.3) is 0 Å². The quantitative estimate of drug-likeness (QED) is 0.299. The molecule has 0 amide bonds. The molecule has 148 valence electrons. The molecule has 2 rings (SSSR count). The molecule has 1 N–H and O–H groups in total. The first-order valence-electron chi connectivity index (χ1n) is 8.87. The molecule has 0 heterocycles. The maximum Gasteiger partial charge on any atom is 0.124 e. The summed E-state index contributed by atoms with van der Waals surface area (Å²) in [4.78, 5) is 4.69. The number of aromatic hydroxyl groups is 1. The normalized spacial score (nSPS) is 10.2. The van der Waals surface area contributed by atoms with Gasteiger partial charge < -0.3 is 12.5 Å². The molecule has 26 heavy (non-hydrogen) atoms. The Morgan fingerprint density at radius 2 is 1.35 bits per heavy atom. The molecule has 0 radical (unpaired) electrons. The summed E-state index contributed by atoms with van der Waals surface area (Å²) in [5.41, 5.74) is 4.26. The van der Waals surface area contributed by atoms with Gasteiger partial charge in [0.2, 0.25) is 0 Å². The van der Waals surface area contributed by atoms with Crippen LogP contribution in [0.15, 0.2) is 47.5 Å². The molecule has 0 aliphatic rings. The van der Waals surface area contributed by atoms with E-state index in [-0.39, 0.29) is 33.6 Å². The van der Waals surface area contributed by atoms with Gasteiger partial charge in [-0.1, -0.05) is 78.3 Å². The zero-order valence-electron chi connectivity index (χ0n) is 17.2. The molecule has 2 nitrogen and oxygen atoms in total. The molecule has 0 aliphatic heterocycles. The number of rotatable bonds is 4. The maximum atomic E-state index is 9.85. The van der Waals surface area contributed by atoms with Crippen molar-refractivity contribution in [1.29, 1.82) is 0 Å². The maximum absolute atomic E-state index is 9.85. The second kappa shape index (κ2) is 13.7. The van der Waals surface area contributed by atoms with Gasteiger partial charge in [0, 0.05) is 32.2 Å². The van der Waals surface area contributed by atoms with Gasteiger partial charge in [-0.2, -0.15) is 0 Å². The minimum Gasteiger partial charge on any atom is -0.507 e. The third kappa shape index (κ3) is 7.85. The van der Waals surface area contributed by atoms with Crippen molar-refractivity contribution >= 4 is 11.9 Å². The van der Waals surface area contributed by atoms with E-state index in [1.807, 2.05) is 18.2 Å². The molecular weight excluding hydrogens is 413 g/mol. The van der Waals surface area contributed by atoms with Gasteiger partial charge in [-0.3, -0.25) is 4.99 Å². The first kappa shape index (κ1) is 26.8. The van der Waals surface area contributed by atoms with Gasteiger partial charge in [-0.15, -0.1) is 0 Å². The summed E-state index contributed by atoms with van der Waals surface area (Å²) < 4.78 is 0. The Balaban J connectivity index is 0. The van der Waals surface area contributed by atoms with E-state index >= 15 is 0 Å². The predicted molar refractivity (Wildman–Crippen MR) is 112 cm³/mol. The van der Waals surface area contributed by atoms with Crippen LogP contribution in [0.1, 0.15) is 76.5 Å². The van der Waals surface area contributed by atoms with Crippen molar-refractivity contribution in [3.05, 3.63) is 66.6 Å². The molecule has 0 spiro atoms. The third-order valence-electron chi connectivity index (χ3n) is 3.61. The van der Waals surface area contributed by atoms with Crippen LogP contribution in [0.5, 0.6) is 5.75 Å². The standard InChI is InChI=1S/C19H23NO.C3H8.CH3.Pd/c1-13(2)16-9-7-10-17(14(3)4)19(16)20-12-15-8-5-6-11-18(15)21;1-3-2;;/h5-14,21H,1-4H3;3H2,1-2H3;1H3;/q;;-1;. The van der Waals surface area contributed by atoms with Crippen molar-refractivity contribution < 1.29 is 25.5 Å². The van der Waals surface area contributed by atoms with Crippen LogP contribution >= 0.6 is 0 Å². The molecule has 0 fully saturated rings. The van der Waals surface area contributed by atoms with Crippen LogP contribution in [0.2, 0.25) is 0 Å². The molecule has 0 unspecified atom stereocenters. The fourth-order valence-electron chi connectivity index (χ4n) is 2.39. The van der Waals surface area contributed by atoms with Crippen LogP contribution in [-0.4, -0.2) is 11.3 Å². The number of nitrogens with zero attached hydrogens (tertiary/aromatic N) is 1. The largest absolute Gasteiger partial charge is 0.507 e. The minimum absolute atomic E-state index is 0. The van der Waals surface area contributed by atoms with E-state index in [2.05, 4.69) is 59.7 Å². The molecule has 2 aromatic carbocycles. The Labute approximate surface area is 174 Å². The van der Waals surface area contributed by atoms with Crippen LogP contribution in [-0.2, 0) is 20.4 Å². The number of aliphatic imine (C=N–C) groups is 1. The van der Waals surface area contributed by atoms with Crippen molar-refractivity contribution in [2.24, 2.45) is 4.99 Å². The van der Waals surface area contributed by atoms with Crippen LogP contribution in [0.4, 0.5) is 5.69 Å². The van der Waals surface area contributed by atoms with E-state index < -0.39 is 0 Å². The monoisotopic (exact) mass is 446 g/mol. The number of hydrogen-bond acceptors (Lipinski definition) is 2. The first-order valence-corrected chi connectivity index (χ1v) is 8.87. The van der Waals surface area contributed by atoms with Gasteiger partial charge in [-0.25, -0.2) is 0 Å². The summed E-state index contributed by atoms with van der Waals surface area (Å²) in [6, 6.07) is 13.6. The molecule has 0 saturated carbocycles. The average molecular weight is 447 g/mol. The Morgan fingerprint density at radius 3 is 1.77 bits per heavy atom. The van der Waals surface area contributed by atoms with E-state index in [9.17, 15) is 5.11 Å². The molecule has 0 aromatic heterocycles. The topological polar surface area (TPSA) is 32.6 Å². The summed E-state index contributed by atoms with van der Waals surface area (Å²) in [5, 5.41) is 9.85. The number of phenolic OH excluding ortho intramolecular Hbond substituents is 1. The first-order chi connectivity index (χ1) is 11.4. The summed E-state index contributed by atoms with van der Waals surface area (Å²) >= 11 is 0. The molecule has 0 bridgehead atoms. The predicted octanol–water partition coefficient (Wildman–Crippen LogP) is 7.25. The SMILES string of the molecule is CC(C)c1cccc(C(C)C)c1N=Cc1ccccc1O.CCC.[CH3-].[Pd]. The molecule has 0 atom stereocenters. The Morgan fingerprint density at radius 1 is 0.885 bits per heavy atom. The van der Waals surface area contributed by atoms with E-state index in [0.717, 1.165) is 11.3 Å². The van der Waals surface area contributed by atoms with Crippen LogP contribution in [0.3, 0.4) is 0 Å². The number of hydrogen-bond donors (Lipinski definition) is 1. The third-order valence-corrected chi connectivity index (χ3v) is 3.61. The van der Waals surface area contributed by atoms with Gasteiger partial charge >= 0.3 is 0 Å². The minimum atomic E-state index is 0. The van der Waals surface area contributed by atoms with Crippen LogP contribution in [0, 0.1) is 7.43 Å². The molecule has 3 heteroatoms. The van der Waals surface area contributed by atoms with E-state index in [4.69, 9.17) is 4.99 Å². The Hall–Kier alpha value is -1.43. The van der Waals surface area contributed by atoms with Crippen molar-refractivity contribution in [2.45, 2.75) is 59.8 Å².